The van der Waals surface area contributed by atoms with Gasteiger partial charge in [-0.15, -0.1) is 0 Å². The first-order chi connectivity index (χ1) is 16.0. The van der Waals surface area contributed by atoms with Crippen LogP contribution in [0.25, 0.3) is 0 Å². The molecule has 0 aliphatic carbocycles. The lowest BCUT2D eigenvalue weighted by Gasteiger charge is -2.21. The fourth-order valence-corrected chi connectivity index (χ4v) is 4.77. The van der Waals surface area contributed by atoms with E-state index in [1.165, 1.54) is 37.4 Å². The monoisotopic (exact) mass is 486 g/mol. The number of hydrogen-bond donors (Lipinski definition) is 2. The smallest absolute Gasteiger partial charge is 0.255 e. The number of rotatable bonds is 8. The fraction of sp³-hybridized carbons (Fsp3) is 0.240. The summed E-state index contributed by atoms with van der Waals surface area (Å²) < 4.78 is 52.4. The molecule has 0 unspecified atom stereocenters. The summed E-state index contributed by atoms with van der Waals surface area (Å²) in [5, 5.41) is 2.76. The Labute approximate surface area is 199 Å². The van der Waals surface area contributed by atoms with Gasteiger partial charge in [-0.3, -0.25) is 4.79 Å². The second kappa shape index (κ2) is 10.2. The first-order valence-corrected chi connectivity index (χ1v) is 12.0. The number of benzene rings is 3. The molecule has 0 bridgehead atoms. The summed E-state index contributed by atoms with van der Waals surface area (Å²) in [5.41, 5.74) is 0.695. The molecule has 0 saturated carbocycles. The van der Waals surface area contributed by atoms with Crippen LogP contribution in [0.15, 0.2) is 71.6 Å². The molecule has 34 heavy (non-hydrogen) atoms. The van der Waals surface area contributed by atoms with Crippen LogP contribution in [0.2, 0.25) is 0 Å². The Morgan fingerprint density at radius 3 is 2.41 bits per heavy atom. The molecule has 0 radical (unpaired) electrons. The first-order valence-electron chi connectivity index (χ1n) is 10.5. The van der Waals surface area contributed by atoms with Gasteiger partial charge in [-0.05, 0) is 68.8 Å². The van der Waals surface area contributed by atoms with Crippen molar-refractivity contribution < 1.29 is 27.1 Å². The minimum Gasteiger partial charge on any atom is -0.495 e. The number of ether oxygens (including phenoxy) is 2. The lowest BCUT2D eigenvalue weighted by molar-refractivity contribution is 0.102. The Balaban J connectivity index is 1.77. The van der Waals surface area contributed by atoms with Gasteiger partial charge >= 0.3 is 0 Å². The molecule has 3 aromatic rings. The van der Waals surface area contributed by atoms with Gasteiger partial charge in [0.25, 0.3) is 5.91 Å². The van der Waals surface area contributed by atoms with Crippen molar-refractivity contribution in [2.45, 2.75) is 37.8 Å². The number of hydrogen-bond acceptors (Lipinski definition) is 5. The summed E-state index contributed by atoms with van der Waals surface area (Å²) in [6, 6.07) is 17.0. The van der Waals surface area contributed by atoms with Crippen molar-refractivity contribution in [1.82, 2.24) is 4.72 Å². The van der Waals surface area contributed by atoms with Crippen molar-refractivity contribution in [3.05, 3.63) is 83.7 Å². The second-order valence-corrected chi connectivity index (χ2v) is 10.3. The second-order valence-electron chi connectivity index (χ2n) is 8.62. The van der Waals surface area contributed by atoms with Crippen LogP contribution < -0.4 is 19.5 Å². The van der Waals surface area contributed by atoms with Crippen molar-refractivity contribution in [2.24, 2.45) is 0 Å². The van der Waals surface area contributed by atoms with E-state index in [1.54, 1.807) is 51.1 Å². The van der Waals surface area contributed by atoms with Crippen LogP contribution in [-0.2, 0) is 16.6 Å². The molecule has 0 aromatic heterocycles. The molecule has 7 nitrogen and oxygen atoms in total. The maximum atomic E-state index is 13.3. The molecular formula is C25H27FN2O5S. The number of nitrogens with one attached hydrogen (secondary N) is 2. The lowest BCUT2D eigenvalue weighted by atomic mass is 10.1. The molecule has 0 saturated heterocycles. The summed E-state index contributed by atoms with van der Waals surface area (Å²) in [7, 11) is -2.57. The Morgan fingerprint density at radius 1 is 1.00 bits per heavy atom. The summed E-state index contributed by atoms with van der Waals surface area (Å²) in [4.78, 5) is 12.7. The largest absolute Gasteiger partial charge is 0.495 e. The predicted octanol–water partition coefficient (Wildman–Crippen LogP) is 4.74. The highest BCUT2D eigenvalue weighted by Gasteiger charge is 2.26. The quantitative estimate of drug-likeness (QED) is 0.480. The molecule has 0 aliphatic rings. The van der Waals surface area contributed by atoms with Crippen molar-refractivity contribution in [3.63, 3.8) is 0 Å². The third-order valence-electron chi connectivity index (χ3n) is 4.54. The lowest BCUT2D eigenvalue weighted by Crippen LogP contribution is -2.40. The highest BCUT2D eigenvalue weighted by Crippen LogP contribution is 2.26. The van der Waals surface area contributed by atoms with Gasteiger partial charge in [-0.2, -0.15) is 0 Å². The van der Waals surface area contributed by atoms with E-state index in [0.717, 1.165) is 5.56 Å². The standard InChI is InChI=1S/C25H27FN2O5S/c1-25(2,3)28-34(30,31)23-14-18(11-12-22(23)32-4)24(29)27-20-9-5-7-17(13-20)16-33-21-10-6-8-19(26)15-21/h5-15,28H,16H2,1-4H3,(H,27,29). The Bertz CT molecular complexity index is 1290. The molecule has 0 spiro atoms. The van der Waals surface area contributed by atoms with Crippen LogP contribution in [0.4, 0.5) is 10.1 Å². The van der Waals surface area contributed by atoms with E-state index in [0.29, 0.717) is 11.4 Å². The van der Waals surface area contributed by atoms with E-state index in [2.05, 4.69) is 10.0 Å². The van der Waals surface area contributed by atoms with Crippen LogP contribution in [-0.4, -0.2) is 27.0 Å². The van der Waals surface area contributed by atoms with E-state index in [1.807, 2.05) is 6.07 Å². The van der Waals surface area contributed by atoms with E-state index in [9.17, 15) is 17.6 Å². The number of anilines is 1. The van der Waals surface area contributed by atoms with Crippen molar-refractivity contribution in [1.29, 1.82) is 0 Å². The minimum atomic E-state index is -3.93. The maximum absolute atomic E-state index is 13.3. The molecule has 0 fully saturated rings. The minimum absolute atomic E-state index is 0.129. The number of carbonyl (C=O) groups excluding carboxylic acids is 1. The number of methoxy groups -OCH3 is 1. The third kappa shape index (κ3) is 6.79. The van der Waals surface area contributed by atoms with Crippen LogP contribution in [0.1, 0.15) is 36.7 Å². The topological polar surface area (TPSA) is 93.7 Å². The normalized spacial score (nSPS) is 11.7. The zero-order valence-electron chi connectivity index (χ0n) is 19.4. The molecular weight excluding hydrogens is 459 g/mol. The van der Waals surface area contributed by atoms with Crippen LogP contribution >= 0.6 is 0 Å². The highest BCUT2D eigenvalue weighted by atomic mass is 32.2. The highest BCUT2D eigenvalue weighted by molar-refractivity contribution is 7.89. The Hall–Kier alpha value is -3.43. The zero-order chi connectivity index (χ0) is 24.9. The van der Waals surface area contributed by atoms with Crippen LogP contribution in [0.5, 0.6) is 11.5 Å². The predicted molar refractivity (Wildman–Crippen MR) is 128 cm³/mol. The summed E-state index contributed by atoms with van der Waals surface area (Å²) in [5.74, 6) is -0.356. The molecule has 0 heterocycles. The third-order valence-corrected chi connectivity index (χ3v) is 6.32. The molecule has 180 valence electrons. The van der Waals surface area contributed by atoms with E-state index >= 15 is 0 Å². The fourth-order valence-electron chi connectivity index (χ4n) is 3.15. The van der Waals surface area contributed by atoms with E-state index in [-0.39, 0.29) is 22.8 Å². The average molecular weight is 487 g/mol. The van der Waals surface area contributed by atoms with Gasteiger partial charge < -0.3 is 14.8 Å². The van der Waals surface area contributed by atoms with Gasteiger partial charge in [0.2, 0.25) is 10.0 Å². The molecule has 0 atom stereocenters. The van der Waals surface area contributed by atoms with Crippen molar-refractivity contribution in [3.8, 4) is 11.5 Å². The van der Waals surface area contributed by atoms with E-state index in [4.69, 9.17) is 9.47 Å². The van der Waals surface area contributed by atoms with Gasteiger partial charge in [0.15, 0.2) is 0 Å². The number of sulfonamides is 1. The van der Waals surface area contributed by atoms with Crippen LogP contribution in [0.3, 0.4) is 0 Å². The van der Waals surface area contributed by atoms with Gasteiger partial charge in [0, 0.05) is 22.9 Å². The number of halogens is 1. The molecule has 1 amide bonds. The Morgan fingerprint density at radius 2 is 1.74 bits per heavy atom. The average Bonchev–Trinajstić information content (AvgIpc) is 2.76. The summed E-state index contributed by atoms with van der Waals surface area (Å²) in [6.07, 6.45) is 0. The summed E-state index contributed by atoms with van der Waals surface area (Å²) in [6.45, 7) is 5.34. The maximum Gasteiger partial charge on any atom is 0.255 e. The summed E-state index contributed by atoms with van der Waals surface area (Å²) >= 11 is 0. The van der Waals surface area contributed by atoms with Crippen molar-refractivity contribution >= 4 is 21.6 Å². The Kier molecular flexibility index (Phi) is 7.58. The van der Waals surface area contributed by atoms with Gasteiger partial charge in [-0.25, -0.2) is 17.5 Å². The van der Waals surface area contributed by atoms with Gasteiger partial charge in [-0.1, -0.05) is 18.2 Å². The first kappa shape index (κ1) is 25.2. The number of amides is 1. The van der Waals surface area contributed by atoms with E-state index < -0.39 is 27.3 Å². The van der Waals surface area contributed by atoms with Gasteiger partial charge in [0.1, 0.15) is 28.8 Å². The molecule has 3 rings (SSSR count). The van der Waals surface area contributed by atoms with Gasteiger partial charge in [0.05, 0.1) is 7.11 Å². The molecule has 2 N–H and O–H groups in total. The zero-order valence-corrected chi connectivity index (χ0v) is 20.2. The molecule has 0 aliphatic heterocycles. The van der Waals surface area contributed by atoms with Crippen LogP contribution in [0, 0.1) is 5.82 Å². The number of carbonyl (C=O) groups is 1. The SMILES string of the molecule is COc1ccc(C(=O)Nc2cccc(COc3cccc(F)c3)c2)cc1S(=O)(=O)NC(C)(C)C. The molecule has 3 aromatic carbocycles. The molecule has 9 heteroatoms. The van der Waals surface area contributed by atoms with Crippen molar-refractivity contribution in [2.75, 3.05) is 12.4 Å².